The van der Waals surface area contributed by atoms with E-state index >= 15 is 0 Å². The summed E-state index contributed by atoms with van der Waals surface area (Å²) in [6.07, 6.45) is 8.14. The largest absolute Gasteiger partial charge is 0.393 e. The van der Waals surface area contributed by atoms with E-state index in [4.69, 9.17) is 0 Å². The Labute approximate surface area is 98.4 Å². The number of rotatable bonds is 6. The van der Waals surface area contributed by atoms with Gasteiger partial charge in [-0.1, -0.05) is 12.8 Å². The molecule has 1 saturated carbocycles. The lowest BCUT2D eigenvalue weighted by Crippen LogP contribution is -2.35. The van der Waals surface area contributed by atoms with E-state index in [9.17, 15) is 5.11 Å². The van der Waals surface area contributed by atoms with E-state index in [1.54, 1.807) is 0 Å². The molecule has 1 aliphatic carbocycles. The molecular weight excluding hydrogens is 206 g/mol. The van der Waals surface area contributed by atoms with Crippen molar-refractivity contribution in [3.63, 3.8) is 0 Å². The molecule has 1 aliphatic rings. The Bertz CT molecular complexity index is 166. The molecule has 0 heterocycles. The van der Waals surface area contributed by atoms with Gasteiger partial charge in [0, 0.05) is 6.54 Å². The Morgan fingerprint density at radius 2 is 2.07 bits per heavy atom. The summed E-state index contributed by atoms with van der Waals surface area (Å²) in [7, 11) is 2.18. The number of hydrogen-bond donors (Lipinski definition) is 1. The van der Waals surface area contributed by atoms with Crippen molar-refractivity contribution >= 4 is 11.8 Å². The van der Waals surface area contributed by atoms with Gasteiger partial charge in [-0.2, -0.15) is 11.8 Å². The summed E-state index contributed by atoms with van der Waals surface area (Å²) < 4.78 is 0. The van der Waals surface area contributed by atoms with E-state index in [1.165, 1.54) is 38.0 Å². The van der Waals surface area contributed by atoms with Crippen molar-refractivity contribution in [1.29, 1.82) is 0 Å². The fourth-order valence-corrected chi connectivity index (χ4v) is 2.79. The Hall–Kier alpha value is 0.270. The highest BCUT2D eigenvalue weighted by Crippen LogP contribution is 2.24. The first-order valence-electron chi connectivity index (χ1n) is 6.09. The molecule has 0 radical (unpaired) electrons. The van der Waals surface area contributed by atoms with Crippen molar-refractivity contribution < 1.29 is 5.11 Å². The molecule has 2 atom stereocenters. The number of nitrogens with zero attached hydrogens (tertiary/aromatic N) is 1. The lowest BCUT2D eigenvalue weighted by molar-refractivity contribution is 0.0515. The van der Waals surface area contributed by atoms with Gasteiger partial charge in [0.2, 0.25) is 0 Å². The highest BCUT2D eigenvalue weighted by atomic mass is 32.2. The molecule has 3 heteroatoms. The number of aliphatic hydroxyl groups excluding tert-OH is 1. The molecule has 0 aromatic rings. The molecule has 2 unspecified atom stereocenters. The van der Waals surface area contributed by atoms with E-state index < -0.39 is 0 Å². The van der Waals surface area contributed by atoms with Crippen LogP contribution in [0.4, 0.5) is 0 Å². The Balaban J connectivity index is 2.15. The second-order valence-electron chi connectivity index (χ2n) is 4.72. The first kappa shape index (κ1) is 13.3. The summed E-state index contributed by atoms with van der Waals surface area (Å²) in [6.45, 7) is 2.25. The maximum Gasteiger partial charge on any atom is 0.0580 e. The van der Waals surface area contributed by atoms with E-state index in [0.29, 0.717) is 5.92 Å². The Morgan fingerprint density at radius 3 is 2.73 bits per heavy atom. The fourth-order valence-electron chi connectivity index (χ4n) is 2.37. The van der Waals surface area contributed by atoms with Crippen molar-refractivity contribution in [3.05, 3.63) is 0 Å². The average molecular weight is 231 g/mol. The highest BCUT2D eigenvalue weighted by molar-refractivity contribution is 7.98. The summed E-state index contributed by atoms with van der Waals surface area (Å²) in [5, 5.41) is 9.86. The maximum absolute atomic E-state index is 9.86. The van der Waals surface area contributed by atoms with Crippen LogP contribution in [-0.4, -0.2) is 48.3 Å². The van der Waals surface area contributed by atoms with E-state index in [-0.39, 0.29) is 6.10 Å². The molecule has 1 rings (SSSR count). The molecular formula is C12H25NOS. The minimum atomic E-state index is -0.0400. The number of aliphatic hydroxyl groups is 1. The van der Waals surface area contributed by atoms with Crippen LogP contribution in [0.1, 0.15) is 32.1 Å². The van der Waals surface area contributed by atoms with Crippen LogP contribution in [0.25, 0.3) is 0 Å². The van der Waals surface area contributed by atoms with Gasteiger partial charge in [0.15, 0.2) is 0 Å². The molecule has 0 bridgehead atoms. The molecule has 0 saturated heterocycles. The van der Waals surface area contributed by atoms with Gasteiger partial charge in [0.1, 0.15) is 0 Å². The zero-order valence-corrected chi connectivity index (χ0v) is 10.9. The van der Waals surface area contributed by atoms with Crippen LogP contribution in [-0.2, 0) is 0 Å². The van der Waals surface area contributed by atoms with Crippen LogP contribution in [0.15, 0.2) is 0 Å². The summed E-state index contributed by atoms with van der Waals surface area (Å²) >= 11 is 1.91. The normalized spacial score (nSPS) is 27.2. The minimum absolute atomic E-state index is 0.0400. The zero-order chi connectivity index (χ0) is 11.1. The van der Waals surface area contributed by atoms with Crippen molar-refractivity contribution in [2.75, 3.05) is 32.1 Å². The van der Waals surface area contributed by atoms with Crippen LogP contribution in [0.5, 0.6) is 0 Å². The van der Waals surface area contributed by atoms with Gasteiger partial charge in [-0.05, 0) is 50.8 Å². The smallest absolute Gasteiger partial charge is 0.0580 e. The maximum atomic E-state index is 9.86. The van der Waals surface area contributed by atoms with Crippen LogP contribution >= 0.6 is 11.8 Å². The topological polar surface area (TPSA) is 23.5 Å². The first-order valence-corrected chi connectivity index (χ1v) is 7.49. The molecule has 1 fully saturated rings. The molecule has 15 heavy (non-hydrogen) atoms. The van der Waals surface area contributed by atoms with Gasteiger partial charge in [-0.25, -0.2) is 0 Å². The SMILES string of the molecule is CSCCCN(C)CC1CCCCC1O. The Kier molecular flexibility index (Phi) is 6.69. The lowest BCUT2D eigenvalue weighted by atomic mass is 9.86. The van der Waals surface area contributed by atoms with Gasteiger partial charge in [-0.15, -0.1) is 0 Å². The van der Waals surface area contributed by atoms with Crippen molar-refractivity contribution in [1.82, 2.24) is 4.90 Å². The zero-order valence-electron chi connectivity index (χ0n) is 10.1. The third-order valence-electron chi connectivity index (χ3n) is 3.30. The summed E-state index contributed by atoms with van der Waals surface area (Å²) in [4.78, 5) is 2.38. The van der Waals surface area contributed by atoms with Gasteiger partial charge in [0.05, 0.1) is 6.10 Å². The van der Waals surface area contributed by atoms with Crippen molar-refractivity contribution in [3.8, 4) is 0 Å². The first-order chi connectivity index (χ1) is 7.24. The van der Waals surface area contributed by atoms with Gasteiger partial charge < -0.3 is 10.0 Å². The summed E-state index contributed by atoms with van der Waals surface area (Å²) in [5.41, 5.74) is 0. The van der Waals surface area contributed by atoms with Crippen molar-refractivity contribution in [2.24, 2.45) is 5.92 Å². The monoisotopic (exact) mass is 231 g/mol. The molecule has 0 aromatic heterocycles. The predicted molar refractivity (Wildman–Crippen MR) is 68.5 cm³/mol. The standard InChI is InChI=1S/C12H25NOS/c1-13(8-5-9-15-2)10-11-6-3-4-7-12(11)14/h11-12,14H,3-10H2,1-2H3. The van der Waals surface area contributed by atoms with Crippen LogP contribution in [0.3, 0.4) is 0 Å². The van der Waals surface area contributed by atoms with Crippen molar-refractivity contribution in [2.45, 2.75) is 38.2 Å². The lowest BCUT2D eigenvalue weighted by Gasteiger charge is -2.31. The van der Waals surface area contributed by atoms with Crippen LogP contribution in [0, 0.1) is 5.92 Å². The highest BCUT2D eigenvalue weighted by Gasteiger charge is 2.23. The molecule has 0 aromatic carbocycles. The molecule has 0 aliphatic heterocycles. The van der Waals surface area contributed by atoms with E-state index in [0.717, 1.165) is 13.0 Å². The van der Waals surface area contributed by atoms with E-state index in [1.807, 2.05) is 11.8 Å². The molecule has 0 spiro atoms. The molecule has 1 N–H and O–H groups in total. The van der Waals surface area contributed by atoms with Crippen LogP contribution in [0.2, 0.25) is 0 Å². The molecule has 0 amide bonds. The van der Waals surface area contributed by atoms with Crippen LogP contribution < -0.4 is 0 Å². The Morgan fingerprint density at radius 1 is 1.33 bits per heavy atom. The summed E-state index contributed by atoms with van der Waals surface area (Å²) in [6, 6.07) is 0. The van der Waals surface area contributed by atoms with Gasteiger partial charge in [-0.3, -0.25) is 0 Å². The molecule has 2 nitrogen and oxygen atoms in total. The number of thioether (sulfide) groups is 1. The third-order valence-corrected chi connectivity index (χ3v) is 4.00. The van der Waals surface area contributed by atoms with E-state index in [2.05, 4.69) is 18.2 Å². The second-order valence-corrected chi connectivity index (χ2v) is 5.71. The van der Waals surface area contributed by atoms with Gasteiger partial charge in [0.25, 0.3) is 0 Å². The van der Waals surface area contributed by atoms with Gasteiger partial charge >= 0.3 is 0 Å². The average Bonchev–Trinajstić information content (AvgIpc) is 2.22. The fraction of sp³-hybridized carbons (Fsp3) is 1.00. The quantitative estimate of drug-likeness (QED) is 0.709. The minimum Gasteiger partial charge on any atom is -0.393 e. The third kappa shape index (κ3) is 5.23. The predicted octanol–water partition coefficient (Wildman–Crippen LogP) is 2.22. The summed E-state index contributed by atoms with van der Waals surface area (Å²) in [5.74, 6) is 1.77. The number of hydrogen-bond acceptors (Lipinski definition) is 3. The second kappa shape index (κ2) is 7.53. The molecule has 90 valence electrons.